The minimum atomic E-state index is -0.531. The lowest BCUT2D eigenvalue weighted by Crippen LogP contribution is -2.13. The molecular weight excluding hydrogens is 292 g/mol. The summed E-state index contributed by atoms with van der Waals surface area (Å²) >= 11 is 0. The fraction of sp³-hybridized carbons (Fsp3) is 0.333. The van der Waals surface area contributed by atoms with E-state index in [-0.39, 0.29) is 11.8 Å². The van der Waals surface area contributed by atoms with E-state index in [1.165, 1.54) is 0 Å². The highest BCUT2D eigenvalue weighted by Gasteiger charge is 2.08. The van der Waals surface area contributed by atoms with Gasteiger partial charge in [-0.25, -0.2) is 0 Å². The number of benzene rings is 1. The van der Waals surface area contributed by atoms with Gasteiger partial charge in [0.25, 0.3) is 5.91 Å². The van der Waals surface area contributed by atoms with Gasteiger partial charge in [-0.3, -0.25) is 9.78 Å². The summed E-state index contributed by atoms with van der Waals surface area (Å²) in [5.41, 5.74) is 8.45. The number of amides is 1. The highest BCUT2D eigenvalue weighted by Crippen LogP contribution is 2.25. The number of carbonyl (C=O) groups is 1. The normalized spacial score (nSPS) is 10.8. The zero-order valence-electron chi connectivity index (χ0n) is 13.7. The van der Waals surface area contributed by atoms with Crippen molar-refractivity contribution in [3.63, 3.8) is 0 Å². The predicted octanol–water partition coefficient (Wildman–Crippen LogP) is 2.96. The Hall–Kier alpha value is -2.40. The van der Waals surface area contributed by atoms with Crippen molar-refractivity contribution in [2.24, 2.45) is 5.73 Å². The monoisotopic (exact) mass is 314 g/mol. The molecular formula is C18H22N2O3. The highest BCUT2D eigenvalue weighted by molar-refractivity contribution is 5.92. The van der Waals surface area contributed by atoms with Gasteiger partial charge in [0.2, 0.25) is 0 Å². The molecule has 0 spiro atoms. The second-order valence-corrected chi connectivity index (χ2v) is 5.54. The van der Waals surface area contributed by atoms with Gasteiger partial charge in [0, 0.05) is 6.20 Å². The maximum atomic E-state index is 11.3. The van der Waals surface area contributed by atoms with Gasteiger partial charge in [-0.2, -0.15) is 0 Å². The van der Waals surface area contributed by atoms with Gasteiger partial charge in [0.15, 0.2) is 0 Å². The Morgan fingerprint density at radius 3 is 2.52 bits per heavy atom. The second-order valence-electron chi connectivity index (χ2n) is 5.54. The highest BCUT2D eigenvalue weighted by atomic mass is 16.5. The Bertz CT molecular complexity index is 666. The van der Waals surface area contributed by atoms with Crippen LogP contribution in [0.25, 0.3) is 11.1 Å². The Balaban J connectivity index is 2.07. The summed E-state index contributed by atoms with van der Waals surface area (Å²) < 4.78 is 11.1. The van der Waals surface area contributed by atoms with Crippen LogP contribution in [-0.2, 0) is 4.74 Å². The van der Waals surface area contributed by atoms with Crippen molar-refractivity contribution in [2.75, 3.05) is 13.2 Å². The molecule has 1 aromatic heterocycles. The molecule has 23 heavy (non-hydrogen) atoms. The fourth-order valence-corrected chi connectivity index (χ4v) is 2.14. The molecule has 0 unspecified atom stereocenters. The molecule has 0 saturated heterocycles. The maximum absolute atomic E-state index is 11.3. The van der Waals surface area contributed by atoms with Crippen molar-refractivity contribution >= 4 is 5.91 Å². The quantitative estimate of drug-likeness (QED) is 0.797. The summed E-state index contributed by atoms with van der Waals surface area (Å²) in [4.78, 5) is 15.3. The average Bonchev–Trinajstić information content (AvgIpc) is 2.52. The molecule has 0 atom stereocenters. The van der Waals surface area contributed by atoms with Gasteiger partial charge in [-0.15, -0.1) is 0 Å². The zero-order chi connectivity index (χ0) is 16.8. The Morgan fingerprint density at radius 2 is 1.91 bits per heavy atom. The number of aryl methyl sites for hydroxylation is 1. The van der Waals surface area contributed by atoms with Crippen LogP contribution in [0.3, 0.4) is 0 Å². The van der Waals surface area contributed by atoms with Crippen molar-refractivity contribution in [1.82, 2.24) is 4.98 Å². The molecule has 1 heterocycles. The Kier molecular flexibility index (Phi) is 5.71. The summed E-state index contributed by atoms with van der Waals surface area (Å²) in [6.07, 6.45) is 1.86. The van der Waals surface area contributed by atoms with Crippen molar-refractivity contribution in [3.8, 4) is 16.9 Å². The largest absolute Gasteiger partial charge is 0.491 e. The van der Waals surface area contributed by atoms with Crippen LogP contribution >= 0.6 is 0 Å². The number of aromatic nitrogens is 1. The third-order valence-corrected chi connectivity index (χ3v) is 3.32. The van der Waals surface area contributed by atoms with Gasteiger partial charge >= 0.3 is 0 Å². The predicted molar refractivity (Wildman–Crippen MR) is 89.5 cm³/mol. The van der Waals surface area contributed by atoms with E-state index in [4.69, 9.17) is 15.2 Å². The van der Waals surface area contributed by atoms with Gasteiger partial charge in [0.05, 0.1) is 12.7 Å². The molecule has 1 aromatic carbocycles. The molecule has 1 amide bonds. The number of hydrogen-bond donors (Lipinski definition) is 1. The van der Waals surface area contributed by atoms with Crippen LogP contribution in [0.15, 0.2) is 36.5 Å². The van der Waals surface area contributed by atoms with Crippen molar-refractivity contribution in [1.29, 1.82) is 0 Å². The summed E-state index contributed by atoms with van der Waals surface area (Å²) in [6, 6.07) is 9.41. The Labute approximate surface area is 136 Å². The minimum Gasteiger partial charge on any atom is -0.491 e. The van der Waals surface area contributed by atoms with Gasteiger partial charge < -0.3 is 15.2 Å². The molecule has 0 bridgehead atoms. The number of carbonyl (C=O) groups excluding carboxylic acids is 1. The molecule has 0 fully saturated rings. The van der Waals surface area contributed by atoms with Gasteiger partial charge in [-0.05, 0) is 55.7 Å². The van der Waals surface area contributed by atoms with E-state index >= 15 is 0 Å². The van der Waals surface area contributed by atoms with E-state index in [1.54, 1.807) is 12.3 Å². The molecule has 0 aliphatic heterocycles. The van der Waals surface area contributed by atoms with Crippen LogP contribution in [0.4, 0.5) is 0 Å². The van der Waals surface area contributed by atoms with Crippen molar-refractivity contribution in [2.45, 2.75) is 26.9 Å². The smallest absolute Gasteiger partial charge is 0.267 e. The third-order valence-electron chi connectivity index (χ3n) is 3.32. The lowest BCUT2D eigenvalue weighted by molar-refractivity contribution is 0.0553. The summed E-state index contributed by atoms with van der Waals surface area (Å²) in [5.74, 6) is 0.249. The molecule has 0 saturated carbocycles. The molecule has 0 aliphatic carbocycles. The van der Waals surface area contributed by atoms with Crippen molar-refractivity contribution < 1.29 is 14.3 Å². The fourth-order valence-electron chi connectivity index (χ4n) is 2.14. The average molecular weight is 314 g/mol. The number of hydrogen-bond acceptors (Lipinski definition) is 4. The van der Waals surface area contributed by atoms with Crippen LogP contribution in [0.5, 0.6) is 5.75 Å². The van der Waals surface area contributed by atoms with E-state index in [0.29, 0.717) is 13.2 Å². The SMILES string of the molecule is Cc1cnc(C(N)=O)cc1-c1ccc(OCCOC(C)C)cc1. The molecule has 0 aliphatic rings. The maximum Gasteiger partial charge on any atom is 0.267 e. The first-order valence-electron chi connectivity index (χ1n) is 7.58. The molecule has 122 valence electrons. The summed E-state index contributed by atoms with van der Waals surface area (Å²) in [7, 11) is 0. The van der Waals surface area contributed by atoms with Crippen molar-refractivity contribution in [3.05, 3.63) is 47.8 Å². The number of ether oxygens (including phenoxy) is 2. The number of pyridine rings is 1. The van der Waals surface area contributed by atoms with E-state index < -0.39 is 5.91 Å². The zero-order valence-corrected chi connectivity index (χ0v) is 13.7. The first-order chi connectivity index (χ1) is 11.0. The van der Waals surface area contributed by atoms with Crippen LogP contribution in [0.1, 0.15) is 29.9 Å². The topological polar surface area (TPSA) is 74.4 Å². The summed E-state index contributed by atoms with van der Waals surface area (Å²) in [5, 5.41) is 0. The number of rotatable bonds is 7. The lowest BCUT2D eigenvalue weighted by Gasteiger charge is -2.11. The standard InChI is InChI=1S/C18H22N2O3/c1-12(2)22-8-9-23-15-6-4-14(5-7-15)16-10-17(18(19)21)20-11-13(16)3/h4-7,10-12H,8-9H2,1-3H3,(H2,19,21). The van der Waals surface area contributed by atoms with Crippen LogP contribution in [0.2, 0.25) is 0 Å². The van der Waals surface area contributed by atoms with Crippen LogP contribution in [-0.4, -0.2) is 30.2 Å². The molecule has 2 aromatic rings. The van der Waals surface area contributed by atoms with Crippen LogP contribution < -0.4 is 10.5 Å². The molecule has 5 nitrogen and oxygen atoms in total. The second kappa shape index (κ2) is 7.74. The molecule has 0 radical (unpaired) electrons. The number of nitrogens with two attached hydrogens (primary N) is 1. The molecule has 5 heteroatoms. The van der Waals surface area contributed by atoms with E-state index in [1.807, 2.05) is 45.0 Å². The van der Waals surface area contributed by atoms with Gasteiger partial charge in [0.1, 0.15) is 18.1 Å². The Morgan fingerprint density at radius 1 is 1.22 bits per heavy atom. The summed E-state index contributed by atoms with van der Waals surface area (Å²) in [6.45, 7) is 7.00. The molecule has 2 N–H and O–H groups in total. The van der Waals surface area contributed by atoms with E-state index in [9.17, 15) is 4.79 Å². The number of nitrogens with zero attached hydrogens (tertiary/aromatic N) is 1. The number of primary amides is 1. The first-order valence-corrected chi connectivity index (χ1v) is 7.58. The third kappa shape index (κ3) is 4.79. The minimum absolute atomic E-state index is 0.204. The van der Waals surface area contributed by atoms with Gasteiger partial charge in [-0.1, -0.05) is 12.1 Å². The van der Waals surface area contributed by atoms with E-state index in [0.717, 1.165) is 22.4 Å². The first kappa shape index (κ1) is 17.0. The van der Waals surface area contributed by atoms with Crippen LogP contribution in [0, 0.1) is 6.92 Å². The molecule has 2 rings (SSSR count). The lowest BCUT2D eigenvalue weighted by atomic mass is 10.0. The van der Waals surface area contributed by atoms with E-state index in [2.05, 4.69) is 4.98 Å².